The van der Waals surface area contributed by atoms with Crippen LogP contribution in [0, 0.1) is 0 Å². The molecule has 1 aromatic rings. The molecule has 0 saturated carbocycles. The monoisotopic (exact) mass is 517 g/mol. The van der Waals surface area contributed by atoms with Gasteiger partial charge in [-0.25, -0.2) is 0 Å². The van der Waals surface area contributed by atoms with Gasteiger partial charge < -0.3 is 20.9 Å². The van der Waals surface area contributed by atoms with Gasteiger partial charge in [0.1, 0.15) is 0 Å². The maximum atomic E-state index is 12.3. The summed E-state index contributed by atoms with van der Waals surface area (Å²) in [5, 5.41) is 9.74. The van der Waals surface area contributed by atoms with Crippen LogP contribution in [-0.4, -0.2) is 57.0 Å². The molecule has 0 aliphatic rings. The Bertz CT molecular complexity index is 607. The number of carbonyl (C=O) groups excluding carboxylic acids is 1. The minimum atomic E-state index is -0.0353. The van der Waals surface area contributed by atoms with Gasteiger partial charge in [-0.2, -0.15) is 0 Å². The minimum absolute atomic E-state index is 0. The fourth-order valence-corrected chi connectivity index (χ4v) is 2.88. The summed E-state index contributed by atoms with van der Waals surface area (Å²) >= 11 is 0. The molecule has 0 aliphatic carbocycles. The van der Waals surface area contributed by atoms with Crippen molar-refractivity contribution in [2.24, 2.45) is 4.99 Å². The predicted octanol–water partition coefficient (Wildman–Crippen LogP) is 3.62. The van der Waals surface area contributed by atoms with E-state index < -0.39 is 0 Å². The minimum Gasteiger partial charge on any atom is -0.354 e. The molecule has 166 valence electrons. The van der Waals surface area contributed by atoms with Crippen LogP contribution in [0.3, 0.4) is 0 Å². The number of amides is 1. The van der Waals surface area contributed by atoms with E-state index in [-0.39, 0.29) is 29.9 Å². The third kappa shape index (κ3) is 12.7. The number of carbonyl (C=O) groups is 1. The highest BCUT2D eigenvalue weighted by Crippen LogP contribution is 2.07. The Kier molecular flexibility index (Phi) is 15.7. The topological polar surface area (TPSA) is 68.8 Å². The molecular weight excluding hydrogens is 477 g/mol. The van der Waals surface area contributed by atoms with Crippen LogP contribution in [0.25, 0.3) is 0 Å². The maximum absolute atomic E-state index is 12.3. The Morgan fingerprint density at radius 2 is 1.93 bits per heavy atom. The van der Waals surface area contributed by atoms with Gasteiger partial charge in [0.2, 0.25) is 0 Å². The molecule has 1 rings (SSSR count). The van der Waals surface area contributed by atoms with Crippen LogP contribution < -0.4 is 16.0 Å². The second-order valence-electron chi connectivity index (χ2n) is 7.58. The molecule has 1 aromatic carbocycles. The molecule has 29 heavy (non-hydrogen) atoms. The lowest BCUT2D eigenvalue weighted by Gasteiger charge is -2.18. The predicted molar refractivity (Wildman–Crippen MR) is 134 cm³/mol. The molecular formula is C22H40IN5O. The van der Waals surface area contributed by atoms with E-state index >= 15 is 0 Å². The van der Waals surface area contributed by atoms with Crippen molar-refractivity contribution in [2.45, 2.75) is 58.5 Å². The number of benzene rings is 1. The number of hydrogen-bond donors (Lipinski definition) is 3. The van der Waals surface area contributed by atoms with Crippen LogP contribution in [0.4, 0.5) is 0 Å². The Hall–Kier alpha value is -1.35. The first-order chi connectivity index (χ1) is 13.5. The summed E-state index contributed by atoms with van der Waals surface area (Å²) in [7, 11) is 5.77. The Morgan fingerprint density at radius 3 is 2.59 bits per heavy atom. The lowest BCUT2D eigenvalue weighted by molar-refractivity contribution is 0.0951. The average Bonchev–Trinajstić information content (AvgIpc) is 2.68. The molecule has 0 bridgehead atoms. The molecule has 1 atom stereocenters. The van der Waals surface area contributed by atoms with Gasteiger partial charge in [0.25, 0.3) is 5.91 Å². The molecule has 0 heterocycles. The summed E-state index contributed by atoms with van der Waals surface area (Å²) in [4.78, 5) is 18.6. The van der Waals surface area contributed by atoms with Crippen molar-refractivity contribution in [2.75, 3.05) is 34.2 Å². The van der Waals surface area contributed by atoms with Crippen LogP contribution >= 0.6 is 24.0 Å². The average molecular weight is 518 g/mol. The van der Waals surface area contributed by atoms with E-state index in [1.165, 1.54) is 25.7 Å². The van der Waals surface area contributed by atoms with E-state index in [1.54, 1.807) is 7.05 Å². The molecule has 0 aliphatic heterocycles. The van der Waals surface area contributed by atoms with E-state index in [0.717, 1.165) is 24.5 Å². The lowest BCUT2D eigenvalue weighted by Crippen LogP contribution is -2.41. The van der Waals surface area contributed by atoms with Crippen molar-refractivity contribution in [3.8, 4) is 0 Å². The second kappa shape index (κ2) is 16.4. The summed E-state index contributed by atoms with van der Waals surface area (Å²) in [5.74, 6) is 0.760. The van der Waals surface area contributed by atoms with Gasteiger partial charge >= 0.3 is 0 Å². The van der Waals surface area contributed by atoms with Crippen LogP contribution in [0.5, 0.6) is 0 Å². The van der Waals surface area contributed by atoms with Crippen LogP contribution in [0.2, 0.25) is 0 Å². The van der Waals surface area contributed by atoms with Crippen LogP contribution in [0.1, 0.15) is 61.9 Å². The summed E-state index contributed by atoms with van der Waals surface area (Å²) in [6, 6.07) is 8.10. The number of aliphatic imine (C=N–C) groups is 1. The highest BCUT2D eigenvalue weighted by Gasteiger charge is 2.08. The summed E-state index contributed by atoms with van der Waals surface area (Å²) in [6.45, 7) is 6.51. The van der Waals surface area contributed by atoms with Gasteiger partial charge in [0.15, 0.2) is 5.96 Å². The zero-order valence-electron chi connectivity index (χ0n) is 18.8. The first-order valence-corrected chi connectivity index (χ1v) is 10.4. The van der Waals surface area contributed by atoms with Gasteiger partial charge in [-0.1, -0.05) is 44.7 Å². The summed E-state index contributed by atoms with van der Waals surface area (Å²) in [5.41, 5.74) is 1.74. The summed E-state index contributed by atoms with van der Waals surface area (Å²) in [6.07, 6.45) is 6.24. The zero-order chi connectivity index (χ0) is 20.8. The SMILES string of the molecule is CCCCCCC(C)NC(=NC)NCc1cccc(C(=O)NCCN(C)C)c1.I. The summed E-state index contributed by atoms with van der Waals surface area (Å²) < 4.78 is 0. The largest absolute Gasteiger partial charge is 0.354 e. The molecule has 0 aromatic heterocycles. The maximum Gasteiger partial charge on any atom is 0.251 e. The number of unbranched alkanes of at least 4 members (excludes halogenated alkanes) is 3. The molecule has 0 radical (unpaired) electrons. The molecule has 0 fully saturated rings. The molecule has 3 N–H and O–H groups in total. The van der Waals surface area contributed by atoms with Crippen molar-refractivity contribution in [3.63, 3.8) is 0 Å². The molecule has 6 nitrogen and oxygen atoms in total. The number of nitrogens with one attached hydrogen (secondary N) is 3. The fourth-order valence-electron chi connectivity index (χ4n) is 2.88. The zero-order valence-corrected chi connectivity index (χ0v) is 21.1. The smallest absolute Gasteiger partial charge is 0.251 e. The number of halogens is 1. The first kappa shape index (κ1) is 27.6. The number of likely N-dealkylation sites (N-methyl/N-ethyl adjacent to an activating group) is 1. The molecule has 0 saturated heterocycles. The van der Waals surface area contributed by atoms with Gasteiger partial charge in [-0.15, -0.1) is 24.0 Å². The fraction of sp³-hybridized carbons (Fsp3) is 0.636. The van der Waals surface area contributed by atoms with E-state index in [4.69, 9.17) is 0 Å². The number of rotatable bonds is 12. The van der Waals surface area contributed by atoms with Gasteiger partial charge in [-0.3, -0.25) is 9.79 Å². The van der Waals surface area contributed by atoms with E-state index in [9.17, 15) is 4.79 Å². The van der Waals surface area contributed by atoms with E-state index in [2.05, 4.69) is 34.8 Å². The lowest BCUT2D eigenvalue weighted by atomic mass is 10.1. The third-order valence-corrected chi connectivity index (χ3v) is 4.59. The van der Waals surface area contributed by atoms with E-state index in [0.29, 0.717) is 24.7 Å². The second-order valence-corrected chi connectivity index (χ2v) is 7.58. The number of hydrogen-bond acceptors (Lipinski definition) is 3. The quantitative estimate of drug-likeness (QED) is 0.172. The normalized spacial score (nSPS) is 12.3. The first-order valence-electron chi connectivity index (χ1n) is 10.4. The Balaban J connectivity index is 0.00000784. The molecule has 7 heteroatoms. The molecule has 1 amide bonds. The molecule has 0 spiro atoms. The van der Waals surface area contributed by atoms with Crippen molar-refractivity contribution < 1.29 is 4.79 Å². The highest BCUT2D eigenvalue weighted by molar-refractivity contribution is 14.0. The van der Waals surface area contributed by atoms with Gasteiger partial charge in [0.05, 0.1) is 0 Å². The van der Waals surface area contributed by atoms with E-state index in [1.807, 2.05) is 43.3 Å². The van der Waals surface area contributed by atoms with Crippen molar-refractivity contribution in [1.82, 2.24) is 20.9 Å². The van der Waals surface area contributed by atoms with Crippen molar-refractivity contribution in [1.29, 1.82) is 0 Å². The Morgan fingerprint density at radius 1 is 1.17 bits per heavy atom. The third-order valence-electron chi connectivity index (χ3n) is 4.59. The van der Waals surface area contributed by atoms with Crippen LogP contribution in [-0.2, 0) is 6.54 Å². The number of guanidine groups is 1. The van der Waals surface area contributed by atoms with Crippen molar-refractivity contribution >= 4 is 35.8 Å². The van der Waals surface area contributed by atoms with Gasteiger partial charge in [-0.05, 0) is 45.1 Å². The van der Waals surface area contributed by atoms with Gasteiger partial charge in [0, 0.05) is 38.3 Å². The van der Waals surface area contributed by atoms with Crippen molar-refractivity contribution in [3.05, 3.63) is 35.4 Å². The number of nitrogens with zero attached hydrogens (tertiary/aromatic N) is 2. The molecule has 1 unspecified atom stereocenters. The van der Waals surface area contributed by atoms with Crippen LogP contribution in [0.15, 0.2) is 29.3 Å². The standard InChI is InChI=1S/C22H39N5O.HI/c1-6-7-8-9-11-18(2)26-22(23-3)25-17-19-12-10-13-20(16-19)21(28)24-14-15-27(4)5;/h10,12-13,16,18H,6-9,11,14-15,17H2,1-5H3,(H,24,28)(H2,23,25,26);1H. The Labute approximate surface area is 194 Å². The highest BCUT2D eigenvalue weighted by atomic mass is 127.